The van der Waals surface area contributed by atoms with E-state index in [1.807, 2.05) is 12.1 Å². The van der Waals surface area contributed by atoms with Crippen molar-refractivity contribution in [1.29, 1.82) is 0 Å². The molecule has 1 saturated heterocycles. The average Bonchev–Trinajstić information content (AvgIpc) is 2.53. The average molecular weight is 278 g/mol. The smallest absolute Gasteiger partial charge is 0.118 e. The first-order chi connectivity index (χ1) is 9.65. The molecular formula is C16H26N2O2. The second-order valence-corrected chi connectivity index (χ2v) is 5.51. The van der Waals surface area contributed by atoms with Crippen LogP contribution in [0.3, 0.4) is 0 Å². The summed E-state index contributed by atoms with van der Waals surface area (Å²) in [5.74, 6) is 0.870. The van der Waals surface area contributed by atoms with Gasteiger partial charge in [0.2, 0.25) is 0 Å². The number of nitrogens with two attached hydrogens (primary N) is 1. The van der Waals surface area contributed by atoms with Crippen molar-refractivity contribution < 1.29 is 9.47 Å². The van der Waals surface area contributed by atoms with Gasteiger partial charge in [-0.2, -0.15) is 0 Å². The Morgan fingerprint density at radius 1 is 1.15 bits per heavy atom. The molecule has 1 fully saturated rings. The Kier molecular flexibility index (Phi) is 5.40. The molecule has 0 bridgehead atoms. The molecule has 2 rings (SSSR count). The van der Waals surface area contributed by atoms with Gasteiger partial charge >= 0.3 is 0 Å². The van der Waals surface area contributed by atoms with Gasteiger partial charge in [-0.1, -0.05) is 12.1 Å². The molecule has 0 amide bonds. The van der Waals surface area contributed by atoms with Crippen LogP contribution in [0.5, 0.6) is 5.75 Å². The minimum atomic E-state index is 0.0278. The normalized spacial score (nSPS) is 20.6. The number of nitrogens with zero attached hydrogens (tertiary/aromatic N) is 1. The number of methoxy groups -OCH3 is 2. The summed E-state index contributed by atoms with van der Waals surface area (Å²) in [7, 11) is 3.48. The number of ether oxygens (including phenoxy) is 2. The molecule has 0 aliphatic carbocycles. The van der Waals surface area contributed by atoms with E-state index in [1.165, 1.54) is 0 Å². The monoisotopic (exact) mass is 278 g/mol. The molecule has 2 unspecified atom stereocenters. The first-order valence-electron chi connectivity index (χ1n) is 7.32. The lowest BCUT2D eigenvalue weighted by atomic mass is 9.97. The molecule has 2 N–H and O–H groups in total. The molecule has 0 aromatic heterocycles. The lowest BCUT2D eigenvalue weighted by Gasteiger charge is -2.38. The van der Waals surface area contributed by atoms with Crippen molar-refractivity contribution in [1.82, 2.24) is 4.90 Å². The van der Waals surface area contributed by atoms with Crippen LogP contribution < -0.4 is 10.5 Å². The zero-order valence-electron chi connectivity index (χ0n) is 12.7. The van der Waals surface area contributed by atoms with Crippen molar-refractivity contribution in [2.45, 2.75) is 38.0 Å². The lowest BCUT2D eigenvalue weighted by Crippen LogP contribution is -2.46. The predicted octanol–water partition coefficient (Wildman–Crippen LogP) is 2.19. The Bertz CT molecular complexity index is 399. The standard InChI is InChI=1S/C16H26N2O2/c1-12(18-10-8-15(20-3)9-11-18)16(17)13-4-6-14(19-2)7-5-13/h4-7,12,15-16H,8-11,17H2,1-3H3. The molecule has 2 atom stereocenters. The molecule has 4 heteroatoms. The van der Waals surface area contributed by atoms with Crippen LogP contribution in [0, 0.1) is 0 Å². The first kappa shape index (κ1) is 15.3. The number of piperidine rings is 1. The predicted molar refractivity (Wildman–Crippen MR) is 81.0 cm³/mol. The van der Waals surface area contributed by atoms with E-state index in [0.29, 0.717) is 12.1 Å². The summed E-state index contributed by atoms with van der Waals surface area (Å²) >= 11 is 0. The number of hydrogen-bond donors (Lipinski definition) is 1. The second-order valence-electron chi connectivity index (χ2n) is 5.51. The number of hydrogen-bond acceptors (Lipinski definition) is 4. The van der Waals surface area contributed by atoms with Gasteiger partial charge in [0.15, 0.2) is 0 Å². The van der Waals surface area contributed by atoms with E-state index in [9.17, 15) is 0 Å². The fourth-order valence-corrected chi connectivity index (χ4v) is 2.85. The topological polar surface area (TPSA) is 47.7 Å². The first-order valence-corrected chi connectivity index (χ1v) is 7.32. The van der Waals surface area contributed by atoms with Crippen LogP contribution in [-0.2, 0) is 4.74 Å². The van der Waals surface area contributed by atoms with Crippen molar-refractivity contribution in [3.63, 3.8) is 0 Å². The maximum atomic E-state index is 6.41. The summed E-state index contributed by atoms with van der Waals surface area (Å²) in [5.41, 5.74) is 7.57. The van der Waals surface area contributed by atoms with E-state index in [0.717, 1.165) is 37.2 Å². The van der Waals surface area contributed by atoms with Crippen LogP contribution in [0.25, 0.3) is 0 Å². The van der Waals surface area contributed by atoms with Gasteiger partial charge in [-0.15, -0.1) is 0 Å². The fraction of sp³-hybridized carbons (Fsp3) is 0.625. The van der Waals surface area contributed by atoms with Crippen molar-refractivity contribution in [2.75, 3.05) is 27.3 Å². The van der Waals surface area contributed by atoms with Crippen LogP contribution >= 0.6 is 0 Å². The van der Waals surface area contributed by atoms with E-state index in [2.05, 4.69) is 24.0 Å². The summed E-state index contributed by atoms with van der Waals surface area (Å²) < 4.78 is 10.6. The minimum absolute atomic E-state index is 0.0278. The number of benzene rings is 1. The Hall–Kier alpha value is -1.10. The molecule has 112 valence electrons. The van der Waals surface area contributed by atoms with Crippen molar-refractivity contribution in [3.05, 3.63) is 29.8 Å². The minimum Gasteiger partial charge on any atom is -0.497 e. The van der Waals surface area contributed by atoms with Crippen LogP contribution in [-0.4, -0.2) is 44.4 Å². The number of likely N-dealkylation sites (tertiary alicyclic amines) is 1. The van der Waals surface area contributed by atoms with Gasteiger partial charge in [-0.05, 0) is 37.5 Å². The molecule has 1 aliphatic heterocycles. The summed E-state index contributed by atoms with van der Waals surface area (Å²) in [6.07, 6.45) is 2.60. The van der Waals surface area contributed by atoms with Crippen LogP contribution in [0.2, 0.25) is 0 Å². The maximum absolute atomic E-state index is 6.41. The molecule has 0 saturated carbocycles. The highest BCUT2D eigenvalue weighted by molar-refractivity contribution is 5.29. The second kappa shape index (κ2) is 7.07. The zero-order valence-corrected chi connectivity index (χ0v) is 12.7. The van der Waals surface area contributed by atoms with E-state index < -0.39 is 0 Å². The molecule has 1 aromatic rings. The van der Waals surface area contributed by atoms with Crippen LogP contribution in [0.15, 0.2) is 24.3 Å². The van der Waals surface area contributed by atoms with Crippen LogP contribution in [0.1, 0.15) is 31.4 Å². The third kappa shape index (κ3) is 3.51. The maximum Gasteiger partial charge on any atom is 0.118 e. The Morgan fingerprint density at radius 3 is 2.25 bits per heavy atom. The molecular weight excluding hydrogens is 252 g/mol. The van der Waals surface area contributed by atoms with Crippen molar-refractivity contribution >= 4 is 0 Å². The summed E-state index contributed by atoms with van der Waals surface area (Å²) in [4.78, 5) is 2.46. The molecule has 20 heavy (non-hydrogen) atoms. The summed E-state index contributed by atoms with van der Waals surface area (Å²) in [6.45, 7) is 4.33. The van der Waals surface area contributed by atoms with E-state index in [4.69, 9.17) is 15.2 Å². The van der Waals surface area contributed by atoms with Crippen LogP contribution in [0.4, 0.5) is 0 Å². The van der Waals surface area contributed by atoms with E-state index in [-0.39, 0.29) is 6.04 Å². The quantitative estimate of drug-likeness (QED) is 0.897. The largest absolute Gasteiger partial charge is 0.497 e. The molecule has 0 spiro atoms. The third-order valence-electron chi connectivity index (χ3n) is 4.41. The lowest BCUT2D eigenvalue weighted by molar-refractivity contribution is 0.0259. The highest BCUT2D eigenvalue weighted by Crippen LogP contribution is 2.24. The molecule has 0 radical (unpaired) electrons. The molecule has 1 heterocycles. The van der Waals surface area contributed by atoms with Crippen molar-refractivity contribution in [3.8, 4) is 5.75 Å². The van der Waals surface area contributed by atoms with Gasteiger partial charge in [0.25, 0.3) is 0 Å². The highest BCUT2D eigenvalue weighted by atomic mass is 16.5. The van der Waals surface area contributed by atoms with Gasteiger partial charge in [0, 0.05) is 32.3 Å². The van der Waals surface area contributed by atoms with Gasteiger partial charge in [0.1, 0.15) is 5.75 Å². The summed E-state index contributed by atoms with van der Waals surface area (Å²) in [6, 6.07) is 8.42. The van der Waals surface area contributed by atoms with Gasteiger partial charge in [-0.25, -0.2) is 0 Å². The van der Waals surface area contributed by atoms with E-state index >= 15 is 0 Å². The molecule has 1 aliphatic rings. The summed E-state index contributed by atoms with van der Waals surface area (Å²) in [5, 5.41) is 0. The van der Waals surface area contributed by atoms with Gasteiger partial charge < -0.3 is 15.2 Å². The third-order valence-corrected chi connectivity index (χ3v) is 4.41. The zero-order chi connectivity index (χ0) is 14.5. The number of rotatable bonds is 5. The SMILES string of the molecule is COc1ccc(C(N)C(C)N2CCC(OC)CC2)cc1. The van der Waals surface area contributed by atoms with Gasteiger partial charge in [-0.3, -0.25) is 4.90 Å². The fourth-order valence-electron chi connectivity index (χ4n) is 2.85. The molecule has 1 aromatic carbocycles. The Balaban J connectivity index is 1.95. The van der Waals surface area contributed by atoms with Crippen molar-refractivity contribution in [2.24, 2.45) is 5.73 Å². The van der Waals surface area contributed by atoms with Gasteiger partial charge in [0.05, 0.1) is 13.2 Å². The highest BCUT2D eigenvalue weighted by Gasteiger charge is 2.26. The Labute approximate surface area is 121 Å². The van der Waals surface area contributed by atoms with E-state index in [1.54, 1.807) is 14.2 Å². The molecule has 4 nitrogen and oxygen atoms in total. The Morgan fingerprint density at radius 2 is 1.75 bits per heavy atom.